The molecule has 0 heterocycles. The SMILES string of the molecule is CCC1CCC([C@@H](C)N)C1. The molecule has 0 aliphatic heterocycles. The Morgan fingerprint density at radius 3 is 2.50 bits per heavy atom. The summed E-state index contributed by atoms with van der Waals surface area (Å²) in [4.78, 5) is 0. The second-order valence-electron chi connectivity index (χ2n) is 3.71. The van der Waals surface area contributed by atoms with Gasteiger partial charge < -0.3 is 5.73 Å². The van der Waals surface area contributed by atoms with Crippen molar-refractivity contribution < 1.29 is 0 Å². The summed E-state index contributed by atoms with van der Waals surface area (Å²) in [6.07, 6.45) is 5.52. The standard InChI is InChI=1S/C9H19N/c1-3-8-4-5-9(6-8)7(2)10/h7-9H,3-6,10H2,1-2H3/t7-,8?,9?/m1/s1. The Kier molecular flexibility index (Phi) is 2.72. The smallest absolute Gasteiger partial charge is 0.00388 e. The third-order valence-electron chi connectivity index (χ3n) is 2.90. The Labute approximate surface area is 64.0 Å². The highest BCUT2D eigenvalue weighted by Gasteiger charge is 2.25. The monoisotopic (exact) mass is 141 g/mol. The van der Waals surface area contributed by atoms with Crippen molar-refractivity contribution >= 4 is 0 Å². The Morgan fingerprint density at radius 1 is 1.50 bits per heavy atom. The molecular formula is C9H19N. The maximum atomic E-state index is 5.81. The van der Waals surface area contributed by atoms with Gasteiger partial charge in [0, 0.05) is 6.04 Å². The summed E-state index contributed by atoms with van der Waals surface area (Å²) in [5.74, 6) is 1.81. The molecule has 1 aliphatic rings. The normalized spacial score (nSPS) is 36.3. The average molecular weight is 141 g/mol. The molecule has 0 aromatic carbocycles. The van der Waals surface area contributed by atoms with Crippen molar-refractivity contribution in [3.8, 4) is 0 Å². The molecule has 60 valence electrons. The van der Waals surface area contributed by atoms with Crippen molar-refractivity contribution in [1.29, 1.82) is 0 Å². The second kappa shape index (κ2) is 3.38. The van der Waals surface area contributed by atoms with Gasteiger partial charge in [-0.1, -0.05) is 19.8 Å². The quantitative estimate of drug-likeness (QED) is 0.626. The first kappa shape index (κ1) is 8.06. The van der Waals surface area contributed by atoms with Gasteiger partial charge >= 0.3 is 0 Å². The van der Waals surface area contributed by atoms with Crippen molar-refractivity contribution in [1.82, 2.24) is 0 Å². The van der Waals surface area contributed by atoms with Crippen molar-refractivity contribution in [3.63, 3.8) is 0 Å². The van der Waals surface area contributed by atoms with E-state index in [4.69, 9.17) is 5.73 Å². The minimum Gasteiger partial charge on any atom is -0.328 e. The number of hydrogen-bond donors (Lipinski definition) is 1. The molecule has 0 aromatic heterocycles. The molecule has 0 aromatic rings. The predicted molar refractivity (Wildman–Crippen MR) is 44.8 cm³/mol. The zero-order valence-corrected chi connectivity index (χ0v) is 7.14. The van der Waals surface area contributed by atoms with E-state index in [1.54, 1.807) is 0 Å². The van der Waals surface area contributed by atoms with E-state index in [1.807, 2.05) is 0 Å². The Hall–Kier alpha value is -0.0400. The van der Waals surface area contributed by atoms with E-state index in [0.29, 0.717) is 6.04 Å². The fourth-order valence-electron chi connectivity index (χ4n) is 1.96. The van der Waals surface area contributed by atoms with Crippen LogP contribution >= 0.6 is 0 Å². The topological polar surface area (TPSA) is 26.0 Å². The van der Waals surface area contributed by atoms with Crippen LogP contribution in [0.25, 0.3) is 0 Å². The Morgan fingerprint density at radius 2 is 2.20 bits per heavy atom. The maximum absolute atomic E-state index is 5.81. The third-order valence-corrected chi connectivity index (χ3v) is 2.90. The summed E-state index contributed by atoms with van der Waals surface area (Å²) in [6.45, 7) is 4.43. The van der Waals surface area contributed by atoms with Crippen molar-refractivity contribution in [2.45, 2.75) is 45.6 Å². The lowest BCUT2D eigenvalue weighted by atomic mass is 9.98. The molecule has 1 saturated carbocycles. The van der Waals surface area contributed by atoms with Gasteiger partial charge in [0.25, 0.3) is 0 Å². The average Bonchev–Trinajstić information content (AvgIpc) is 2.34. The Balaban J connectivity index is 2.28. The largest absolute Gasteiger partial charge is 0.328 e. The maximum Gasteiger partial charge on any atom is 0.00388 e. The lowest BCUT2D eigenvalue weighted by Gasteiger charge is -2.13. The van der Waals surface area contributed by atoms with Crippen LogP contribution in [0.1, 0.15) is 39.5 Å². The number of nitrogens with two attached hydrogens (primary N) is 1. The van der Waals surface area contributed by atoms with Crippen LogP contribution in [0.15, 0.2) is 0 Å². The van der Waals surface area contributed by atoms with E-state index >= 15 is 0 Å². The molecule has 3 atom stereocenters. The van der Waals surface area contributed by atoms with Crippen LogP contribution < -0.4 is 5.73 Å². The molecule has 0 spiro atoms. The van der Waals surface area contributed by atoms with E-state index in [-0.39, 0.29) is 0 Å². The van der Waals surface area contributed by atoms with Crippen LogP contribution in [0.4, 0.5) is 0 Å². The summed E-state index contributed by atoms with van der Waals surface area (Å²) in [7, 11) is 0. The molecule has 10 heavy (non-hydrogen) atoms. The predicted octanol–water partition coefficient (Wildman–Crippen LogP) is 2.16. The lowest BCUT2D eigenvalue weighted by Crippen LogP contribution is -2.24. The minimum atomic E-state index is 0.427. The van der Waals surface area contributed by atoms with Gasteiger partial charge in [-0.05, 0) is 31.6 Å². The van der Waals surface area contributed by atoms with Gasteiger partial charge in [-0.2, -0.15) is 0 Å². The van der Waals surface area contributed by atoms with Crippen LogP contribution in [0.5, 0.6) is 0 Å². The van der Waals surface area contributed by atoms with Gasteiger partial charge in [-0.3, -0.25) is 0 Å². The lowest BCUT2D eigenvalue weighted by molar-refractivity contribution is 0.427. The minimum absolute atomic E-state index is 0.427. The molecule has 1 rings (SSSR count). The highest BCUT2D eigenvalue weighted by atomic mass is 14.6. The van der Waals surface area contributed by atoms with E-state index in [0.717, 1.165) is 11.8 Å². The molecule has 1 heteroatoms. The number of rotatable bonds is 2. The van der Waals surface area contributed by atoms with E-state index < -0.39 is 0 Å². The van der Waals surface area contributed by atoms with Crippen LogP contribution in [0.3, 0.4) is 0 Å². The molecule has 0 saturated heterocycles. The molecule has 1 nitrogen and oxygen atoms in total. The highest BCUT2D eigenvalue weighted by Crippen LogP contribution is 2.33. The molecule has 1 fully saturated rings. The summed E-state index contributed by atoms with van der Waals surface area (Å²) in [6, 6.07) is 0.427. The van der Waals surface area contributed by atoms with E-state index in [1.165, 1.54) is 25.7 Å². The highest BCUT2D eigenvalue weighted by molar-refractivity contribution is 4.79. The van der Waals surface area contributed by atoms with Crippen molar-refractivity contribution in [2.75, 3.05) is 0 Å². The first-order valence-corrected chi connectivity index (χ1v) is 4.49. The fourth-order valence-corrected chi connectivity index (χ4v) is 1.96. The van der Waals surface area contributed by atoms with Crippen LogP contribution in [-0.2, 0) is 0 Å². The molecule has 2 N–H and O–H groups in total. The first-order chi connectivity index (χ1) is 4.74. The van der Waals surface area contributed by atoms with Crippen LogP contribution in [-0.4, -0.2) is 6.04 Å². The van der Waals surface area contributed by atoms with E-state index in [2.05, 4.69) is 13.8 Å². The van der Waals surface area contributed by atoms with Gasteiger partial charge in [0.1, 0.15) is 0 Å². The zero-order chi connectivity index (χ0) is 7.56. The first-order valence-electron chi connectivity index (χ1n) is 4.49. The second-order valence-corrected chi connectivity index (χ2v) is 3.71. The molecule has 0 bridgehead atoms. The van der Waals surface area contributed by atoms with Gasteiger partial charge in [0.15, 0.2) is 0 Å². The Bertz CT molecular complexity index is 98.9. The summed E-state index contributed by atoms with van der Waals surface area (Å²) in [5.41, 5.74) is 5.81. The van der Waals surface area contributed by atoms with Crippen molar-refractivity contribution in [3.05, 3.63) is 0 Å². The molecule has 0 radical (unpaired) electrons. The fraction of sp³-hybridized carbons (Fsp3) is 1.00. The van der Waals surface area contributed by atoms with Crippen LogP contribution in [0.2, 0.25) is 0 Å². The van der Waals surface area contributed by atoms with Gasteiger partial charge in [-0.15, -0.1) is 0 Å². The van der Waals surface area contributed by atoms with E-state index in [9.17, 15) is 0 Å². The zero-order valence-electron chi connectivity index (χ0n) is 7.14. The van der Waals surface area contributed by atoms with Crippen molar-refractivity contribution in [2.24, 2.45) is 17.6 Å². The van der Waals surface area contributed by atoms with Gasteiger partial charge in [-0.25, -0.2) is 0 Å². The van der Waals surface area contributed by atoms with Crippen LogP contribution in [0, 0.1) is 11.8 Å². The molecule has 1 aliphatic carbocycles. The molecule has 2 unspecified atom stereocenters. The summed E-state index contributed by atoms with van der Waals surface area (Å²) < 4.78 is 0. The van der Waals surface area contributed by atoms with Gasteiger partial charge in [0.2, 0.25) is 0 Å². The summed E-state index contributed by atoms with van der Waals surface area (Å²) >= 11 is 0. The molecule has 0 amide bonds. The number of hydrogen-bond acceptors (Lipinski definition) is 1. The summed E-state index contributed by atoms with van der Waals surface area (Å²) in [5, 5.41) is 0. The molecular weight excluding hydrogens is 122 g/mol. The third kappa shape index (κ3) is 1.72. The van der Waals surface area contributed by atoms with Gasteiger partial charge in [0.05, 0.1) is 0 Å².